The molecule has 0 spiro atoms. The van der Waals surface area contributed by atoms with E-state index >= 15 is 0 Å². The van der Waals surface area contributed by atoms with Crippen LogP contribution in [-0.4, -0.2) is 45.6 Å². The van der Waals surface area contributed by atoms with E-state index in [1.54, 1.807) is 6.07 Å². The molecule has 106 valence electrons. The van der Waals surface area contributed by atoms with Gasteiger partial charge in [-0.15, -0.1) is 11.3 Å². The van der Waals surface area contributed by atoms with Gasteiger partial charge in [-0.1, -0.05) is 0 Å². The molecule has 0 saturated carbocycles. The van der Waals surface area contributed by atoms with E-state index in [0.717, 1.165) is 41.1 Å². The zero-order valence-corrected chi connectivity index (χ0v) is 12.5. The zero-order valence-electron chi connectivity index (χ0n) is 10.8. The molecule has 1 saturated heterocycles. The molecule has 6 heteroatoms. The van der Waals surface area contributed by atoms with Gasteiger partial charge in [0, 0.05) is 29.6 Å². The Balaban J connectivity index is 1.91. The van der Waals surface area contributed by atoms with E-state index in [9.17, 15) is 15.0 Å². The summed E-state index contributed by atoms with van der Waals surface area (Å²) in [6, 6.07) is 4.79. The summed E-state index contributed by atoms with van der Waals surface area (Å²) in [5.74, 6) is 1.84. The number of fused-ring (bicyclic) bond motifs is 1. The van der Waals surface area contributed by atoms with Crippen molar-refractivity contribution in [2.24, 2.45) is 0 Å². The second kappa shape index (κ2) is 5.54. The second-order valence-corrected chi connectivity index (χ2v) is 7.06. The first-order valence-electron chi connectivity index (χ1n) is 6.48. The first-order valence-corrected chi connectivity index (χ1v) is 8.45. The number of hydrogen-bond donors (Lipinski definition) is 2. The molecule has 2 heterocycles. The molecule has 0 radical (unpaired) electrons. The van der Waals surface area contributed by atoms with E-state index in [1.807, 2.05) is 16.7 Å². The average Bonchev–Trinajstić information content (AvgIpc) is 2.66. The maximum absolute atomic E-state index is 12.5. The summed E-state index contributed by atoms with van der Waals surface area (Å²) in [6.07, 6.45) is 1.03. The Hall–Kier alpha value is -1.40. The summed E-state index contributed by atoms with van der Waals surface area (Å²) in [4.78, 5) is 15.1. The van der Waals surface area contributed by atoms with Crippen LogP contribution in [0.25, 0.3) is 10.1 Å². The molecule has 1 amide bonds. The van der Waals surface area contributed by atoms with Gasteiger partial charge in [-0.05, 0) is 29.7 Å². The molecule has 0 atom stereocenters. The molecule has 1 aliphatic heterocycles. The zero-order chi connectivity index (χ0) is 14.1. The lowest BCUT2D eigenvalue weighted by Gasteiger charge is -2.18. The van der Waals surface area contributed by atoms with Gasteiger partial charge in [0.1, 0.15) is 0 Å². The highest BCUT2D eigenvalue weighted by Gasteiger charge is 2.20. The van der Waals surface area contributed by atoms with Gasteiger partial charge < -0.3 is 15.1 Å². The van der Waals surface area contributed by atoms with Gasteiger partial charge in [-0.3, -0.25) is 4.79 Å². The SMILES string of the molecule is O=C(c1cc2cc(O)c(O)cc2s1)N1CCCSCC1. The Morgan fingerprint density at radius 3 is 2.75 bits per heavy atom. The van der Waals surface area contributed by atoms with E-state index in [1.165, 1.54) is 23.5 Å². The highest BCUT2D eigenvalue weighted by molar-refractivity contribution is 7.99. The van der Waals surface area contributed by atoms with E-state index in [4.69, 9.17) is 0 Å². The Morgan fingerprint density at radius 2 is 1.90 bits per heavy atom. The topological polar surface area (TPSA) is 60.8 Å². The van der Waals surface area contributed by atoms with Crippen molar-refractivity contribution in [3.8, 4) is 11.5 Å². The standard InChI is InChI=1S/C14H15NO3S2/c16-10-6-9-7-13(20-12(9)8-11(10)17)14(18)15-2-1-4-19-5-3-15/h6-8,16-17H,1-5H2. The molecule has 3 rings (SSSR count). The first-order chi connectivity index (χ1) is 9.65. The molecular weight excluding hydrogens is 294 g/mol. The fourth-order valence-corrected chi connectivity index (χ4v) is 4.21. The fraction of sp³-hybridized carbons (Fsp3) is 0.357. The minimum absolute atomic E-state index is 0.0488. The Labute approximate surface area is 125 Å². The van der Waals surface area contributed by atoms with Crippen LogP contribution in [0.2, 0.25) is 0 Å². The Bertz CT molecular complexity index is 606. The van der Waals surface area contributed by atoms with Crippen LogP contribution in [0.4, 0.5) is 0 Å². The molecule has 0 aliphatic carbocycles. The highest BCUT2D eigenvalue weighted by Crippen LogP contribution is 2.35. The van der Waals surface area contributed by atoms with Gasteiger partial charge >= 0.3 is 0 Å². The van der Waals surface area contributed by atoms with Crippen LogP contribution in [-0.2, 0) is 0 Å². The highest BCUT2D eigenvalue weighted by atomic mass is 32.2. The van der Waals surface area contributed by atoms with Crippen molar-refractivity contribution in [2.45, 2.75) is 6.42 Å². The molecule has 2 aromatic rings. The lowest BCUT2D eigenvalue weighted by Crippen LogP contribution is -2.32. The van der Waals surface area contributed by atoms with Crippen molar-refractivity contribution in [1.29, 1.82) is 0 Å². The first kappa shape index (κ1) is 13.6. The molecule has 1 aliphatic rings. The van der Waals surface area contributed by atoms with E-state index in [2.05, 4.69) is 0 Å². The smallest absolute Gasteiger partial charge is 0.263 e. The number of carbonyl (C=O) groups excluding carboxylic acids is 1. The summed E-state index contributed by atoms with van der Waals surface area (Å²) in [5.41, 5.74) is 0. The van der Waals surface area contributed by atoms with Crippen molar-refractivity contribution in [1.82, 2.24) is 4.90 Å². The molecule has 1 aromatic heterocycles. The summed E-state index contributed by atoms with van der Waals surface area (Å²) in [7, 11) is 0. The van der Waals surface area contributed by atoms with Crippen molar-refractivity contribution < 1.29 is 15.0 Å². The van der Waals surface area contributed by atoms with Gasteiger partial charge in [0.25, 0.3) is 5.91 Å². The maximum Gasteiger partial charge on any atom is 0.263 e. The number of phenols is 2. The molecule has 1 aromatic carbocycles. The lowest BCUT2D eigenvalue weighted by atomic mass is 10.2. The number of aromatic hydroxyl groups is 2. The van der Waals surface area contributed by atoms with Crippen molar-refractivity contribution in [2.75, 3.05) is 24.6 Å². The number of hydrogen-bond acceptors (Lipinski definition) is 5. The molecular formula is C14H15NO3S2. The van der Waals surface area contributed by atoms with Crippen molar-refractivity contribution in [3.63, 3.8) is 0 Å². The lowest BCUT2D eigenvalue weighted by molar-refractivity contribution is 0.0773. The number of phenolic OH excluding ortho intramolecular Hbond substituents is 2. The van der Waals surface area contributed by atoms with Crippen LogP contribution < -0.4 is 0 Å². The number of thioether (sulfide) groups is 1. The van der Waals surface area contributed by atoms with Crippen LogP contribution in [0.1, 0.15) is 16.1 Å². The van der Waals surface area contributed by atoms with Crippen LogP contribution in [0.5, 0.6) is 11.5 Å². The summed E-state index contributed by atoms with van der Waals surface area (Å²) >= 11 is 3.24. The second-order valence-electron chi connectivity index (χ2n) is 4.75. The molecule has 4 nitrogen and oxygen atoms in total. The number of carbonyl (C=O) groups is 1. The normalized spacial score (nSPS) is 16.3. The molecule has 0 unspecified atom stereocenters. The van der Waals surface area contributed by atoms with Crippen LogP contribution in [0, 0.1) is 0 Å². The molecule has 2 N–H and O–H groups in total. The van der Waals surface area contributed by atoms with E-state index in [-0.39, 0.29) is 17.4 Å². The van der Waals surface area contributed by atoms with Gasteiger partial charge in [-0.2, -0.15) is 11.8 Å². The predicted octanol–water partition coefficient (Wildman–Crippen LogP) is 2.89. The number of benzene rings is 1. The van der Waals surface area contributed by atoms with Gasteiger partial charge in [0.15, 0.2) is 11.5 Å². The Morgan fingerprint density at radius 1 is 1.10 bits per heavy atom. The van der Waals surface area contributed by atoms with Gasteiger partial charge in [-0.25, -0.2) is 0 Å². The van der Waals surface area contributed by atoms with Crippen molar-refractivity contribution >= 4 is 39.1 Å². The fourth-order valence-electron chi connectivity index (χ4n) is 2.27. The van der Waals surface area contributed by atoms with Crippen LogP contribution in [0.3, 0.4) is 0 Å². The van der Waals surface area contributed by atoms with E-state index in [0.29, 0.717) is 4.88 Å². The van der Waals surface area contributed by atoms with Crippen molar-refractivity contribution in [3.05, 3.63) is 23.1 Å². The average molecular weight is 309 g/mol. The summed E-state index contributed by atoms with van der Waals surface area (Å²) in [5, 5.41) is 19.8. The minimum atomic E-state index is -0.152. The Kier molecular flexibility index (Phi) is 3.76. The third-order valence-electron chi connectivity index (χ3n) is 3.33. The monoisotopic (exact) mass is 309 g/mol. The molecule has 0 bridgehead atoms. The van der Waals surface area contributed by atoms with Crippen LogP contribution in [0.15, 0.2) is 18.2 Å². The van der Waals surface area contributed by atoms with Gasteiger partial charge in [0.05, 0.1) is 4.88 Å². The predicted molar refractivity (Wildman–Crippen MR) is 83.0 cm³/mol. The molecule has 20 heavy (non-hydrogen) atoms. The summed E-state index contributed by atoms with van der Waals surface area (Å²) in [6.45, 7) is 1.59. The minimum Gasteiger partial charge on any atom is -0.504 e. The third-order valence-corrected chi connectivity index (χ3v) is 5.47. The van der Waals surface area contributed by atoms with E-state index < -0.39 is 0 Å². The molecule has 1 fully saturated rings. The number of thiophene rings is 1. The quantitative estimate of drug-likeness (QED) is 0.795. The summed E-state index contributed by atoms with van der Waals surface area (Å²) < 4.78 is 0.813. The largest absolute Gasteiger partial charge is 0.504 e. The third kappa shape index (κ3) is 2.58. The number of amides is 1. The van der Waals surface area contributed by atoms with Gasteiger partial charge in [0.2, 0.25) is 0 Å². The number of nitrogens with zero attached hydrogens (tertiary/aromatic N) is 1. The van der Waals surface area contributed by atoms with Crippen LogP contribution >= 0.6 is 23.1 Å². The number of rotatable bonds is 1. The maximum atomic E-state index is 12.5.